The minimum absolute atomic E-state index is 0.000964. The maximum absolute atomic E-state index is 12.2. The lowest BCUT2D eigenvalue weighted by molar-refractivity contribution is 0.197. The highest BCUT2D eigenvalue weighted by atomic mass is 16.5. The molecular weight excluding hydrogens is 238 g/mol. The van der Waals surface area contributed by atoms with Crippen LogP contribution < -0.4 is 5.43 Å². The van der Waals surface area contributed by atoms with Crippen molar-refractivity contribution in [2.45, 2.75) is 32.6 Å². The molecule has 0 atom stereocenters. The third kappa shape index (κ3) is 3.05. The van der Waals surface area contributed by atoms with Crippen molar-refractivity contribution in [2.24, 2.45) is 0 Å². The van der Waals surface area contributed by atoms with Gasteiger partial charge in [0, 0.05) is 10.9 Å². The number of unbranched alkanes of at least 4 members (excludes halogenated alkanes) is 2. The first kappa shape index (κ1) is 13.4. The number of aromatic nitrogens is 1. The molecule has 0 saturated heterocycles. The number of rotatable bonds is 5. The third-order valence-corrected chi connectivity index (χ3v) is 3.19. The van der Waals surface area contributed by atoms with Crippen LogP contribution in [0, 0.1) is 0 Å². The van der Waals surface area contributed by atoms with E-state index in [-0.39, 0.29) is 5.43 Å². The van der Waals surface area contributed by atoms with Gasteiger partial charge in [-0.15, -0.1) is 0 Å². The van der Waals surface area contributed by atoms with Gasteiger partial charge >= 0.3 is 0 Å². The van der Waals surface area contributed by atoms with Crippen molar-refractivity contribution < 1.29 is 5.21 Å². The quantitative estimate of drug-likeness (QED) is 0.506. The van der Waals surface area contributed by atoms with Gasteiger partial charge in [0.1, 0.15) is 0 Å². The van der Waals surface area contributed by atoms with Crippen molar-refractivity contribution in [3.63, 3.8) is 0 Å². The third-order valence-electron chi connectivity index (χ3n) is 3.19. The molecule has 0 saturated carbocycles. The number of hydrogen-bond donors (Lipinski definition) is 1. The second kappa shape index (κ2) is 6.23. The van der Waals surface area contributed by atoms with Crippen molar-refractivity contribution in [1.82, 2.24) is 4.73 Å². The smallest absolute Gasteiger partial charge is 0.193 e. The van der Waals surface area contributed by atoms with Crippen LogP contribution in [0.3, 0.4) is 0 Å². The molecule has 2 aromatic rings. The summed E-state index contributed by atoms with van der Waals surface area (Å²) in [4.78, 5) is 12.2. The van der Waals surface area contributed by atoms with E-state index in [0.29, 0.717) is 22.9 Å². The van der Waals surface area contributed by atoms with Gasteiger partial charge < -0.3 is 5.21 Å². The van der Waals surface area contributed by atoms with Gasteiger partial charge in [-0.05, 0) is 25.0 Å². The van der Waals surface area contributed by atoms with Gasteiger partial charge in [-0.3, -0.25) is 4.79 Å². The summed E-state index contributed by atoms with van der Waals surface area (Å²) in [5.74, 6) is 0. The number of benzene rings is 1. The van der Waals surface area contributed by atoms with E-state index in [1.54, 1.807) is 18.2 Å². The van der Waals surface area contributed by atoms with Crippen LogP contribution in [0.5, 0.6) is 0 Å². The summed E-state index contributed by atoms with van der Waals surface area (Å²) in [6, 6.07) is 7.09. The molecule has 0 spiro atoms. The number of para-hydroxylation sites is 1. The van der Waals surface area contributed by atoms with E-state index in [0.717, 1.165) is 11.2 Å². The van der Waals surface area contributed by atoms with Gasteiger partial charge in [-0.25, -0.2) is 0 Å². The summed E-state index contributed by atoms with van der Waals surface area (Å²) < 4.78 is 1.03. The summed E-state index contributed by atoms with van der Waals surface area (Å²) in [5, 5.41) is 10.4. The second-order valence-corrected chi connectivity index (χ2v) is 4.66. The minimum atomic E-state index is 0.000964. The maximum Gasteiger partial charge on any atom is 0.193 e. The molecule has 19 heavy (non-hydrogen) atoms. The van der Waals surface area contributed by atoms with E-state index in [9.17, 15) is 10.0 Å². The van der Waals surface area contributed by atoms with Crippen molar-refractivity contribution in [3.05, 3.63) is 58.4 Å². The normalized spacial score (nSPS) is 11.4. The van der Waals surface area contributed by atoms with Crippen LogP contribution in [0.4, 0.5) is 0 Å². The van der Waals surface area contributed by atoms with E-state index in [1.807, 2.05) is 12.1 Å². The molecule has 1 N–H and O–H groups in total. The molecule has 1 aromatic carbocycles. The molecule has 0 radical (unpaired) electrons. The van der Waals surface area contributed by atoms with Crippen LogP contribution in [0.15, 0.2) is 47.4 Å². The van der Waals surface area contributed by atoms with E-state index < -0.39 is 0 Å². The van der Waals surface area contributed by atoms with Gasteiger partial charge in [-0.1, -0.05) is 44.1 Å². The fourth-order valence-electron chi connectivity index (χ4n) is 2.11. The Kier molecular flexibility index (Phi) is 4.39. The number of fused-ring (bicyclic) bond motifs is 1. The van der Waals surface area contributed by atoms with E-state index in [2.05, 4.69) is 13.0 Å². The molecule has 0 aliphatic carbocycles. The maximum atomic E-state index is 12.2. The standard InChI is InChI=1S/C16H19NO2/c1-2-3-4-5-6-9-13-12-17(19)15-11-8-7-10-14(15)16(13)18/h5-8,10-12,19H,2-4,9H2,1H3/b6-5+. The molecule has 3 nitrogen and oxygen atoms in total. The monoisotopic (exact) mass is 257 g/mol. The van der Waals surface area contributed by atoms with Gasteiger partial charge in [0.25, 0.3) is 0 Å². The summed E-state index contributed by atoms with van der Waals surface area (Å²) in [6.45, 7) is 2.15. The molecule has 0 bridgehead atoms. The molecule has 2 rings (SSSR count). The van der Waals surface area contributed by atoms with E-state index in [1.165, 1.54) is 19.0 Å². The largest absolute Gasteiger partial charge is 0.428 e. The number of pyridine rings is 1. The molecule has 1 heterocycles. The Bertz CT molecular complexity index is 641. The summed E-state index contributed by atoms with van der Waals surface area (Å²) in [7, 11) is 0. The molecule has 0 aliphatic heterocycles. The topological polar surface area (TPSA) is 42.2 Å². The highest BCUT2D eigenvalue weighted by Gasteiger charge is 2.06. The van der Waals surface area contributed by atoms with Crippen LogP contribution in [0.1, 0.15) is 31.7 Å². The van der Waals surface area contributed by atoms with Crippen molar-refractivity contribution in [1.29, 1.82) is 0 Å². The number of allylic oxidation sites excluding steroid dienone is 2. The van der Waals surface area contributed by atoms with Crippen LogP contribution in [-0.2, 0) is 6.42 Å². The lowest BCUT2D eigenvalue weighted by Crippen LogP contribution is -2.13. The average Bonchev–Trinajstić information content (AvgIpc) is 2.44. The first-order valence-corrected chi connectivity index (χ1v) is 6.71. The predicted molar refractivity (Wildman–Crippen MR) is 77.8 cm³/mol. The molecule has 3 heteroatoms. The zero-order chi connectivity index (χ0) is 13.7. The Morgan fingerprint density at radius 2 is 2.05 bits per heavy atom. The predicted octanol–water partition coefficient (Wildman–Crippen LogP) is 3.53. The summed E-state index contributed by atoms with van der Waals surface area (Å²) >= 11 is 0. The first-order chi connectivity index (χ1) is 9.24. The van der Waals surface area contributed by atoms with Crippen molar-refractivity contribution >= 4 is 10.9 Å². The second-order valence-electron chi connectivity index (χ2n) is 4.66. The Balaban J connectivity index is 2.27. The Labute approximate surface area is 112 Å². The van der Waals surface area contributed by atoms with Crippen LogP contribution in [0.2, 0.25) is 0 Å². The highest BCUT2D eigenvalue weighted by molar-refractivity contribution is 5.79. The van der Waals surface area contributed by atoms with Crippen LogP contribution in [-0.4, -0.2) is 9.94 Å². The van der Waals surface area contributed by atoms with E-state index in [4.69, 9.17) is 0 Å². The van der Waals surface area contributed by atoms with Crippen LogP contribution in [0.25, 0.3) is 10.9 Å². The molecule has 0 amide bonds. The Morgan fingerprint density at radius 3 is 2.84 bits per heavy atom. The summed E-state index contributed by atoms with van der Waals surface area (Å²) in [6.07, 6.45) is 9.55. The molecular formula is C16H19NO2. The van der Waals surface area contributed by atoms with Crippen LogP contribution >= 0.6 is 0 Å². The van der Waals surface area contributed by atoms with Gasteiger partial charge in [0.2, 0.25) is 0 Å². The molecule has 0 unspecified atom stereocenters. The molecule has 0 fully saturated rings. The fourth-order valence-corrected chi connectivity index (χ4v) is 2.11. The fraction of sp³-hybridized carbons (Fsp3) is 0.312. The Morgan fingerprint density at radius 1 is 1.26 bits per heavy atom. The zero-order valence-corrected chi connectivity index (χ0v) is 11.2. The molecule has 0 aliphatic rings. The van der Waals surface area contributed by atoms with E-state index >= 15 is 0 Å². The van der Waals surface area contributed by atoms with Gasteiger partial charge in [0.15, 0.2) is 5.43 Å². The number of hydrogen-bond acceptors (Lipinski definition) is 2. The van der Waals surface area contributed by atoms with Crippen molar-refractivity contribution in [3.8, 4) is 0 Å². The molecule has 100 valence electrons. The highest BCUT2D eigenvalue weighted by Crippen LogP contribution is 2.10. The lowest BCUT2D eigenvalue weighted by atomic mass is 10.1. The number of nitrogens with zero attached hydrogens (tertiary/aromatic N) is 1. The summed E-state index contributed by atoms with van der Waals surface area (Å²) in [5.41, 5.74) is 1.17. The van der Waals surface area contributed by atoms with Crippen molar-refractivity contribution in [2.75, 3.05) is 0 Å². The molecule has 1 aromatic heterocycles. The van der Waals surface area contributed by atoms with Gasteiger partial charge in [-0.2, -0.15) is 4.73 Å². The van der Waals surface area contributed by atoms with Gasteiger partial charge in [0.05, 0.1) is 11.7 Å². The lowest BCUT2D eigenvalue weighted by Gasteiger charge is -2.05. The SMILES string of the molecule is CCCC/C=C/Cc1cn(O)c2ccccc2c1=O. The average molecular weight is 257 g/mol. The first-order valence-electron chi connectivity index (χ1n) is 6.71. The Hall–Kier alpha value is -2.03. The zero-order valence-electron chi connectivity index (χ0n) is 11.2. The minimum Gasteiger partial charge on any atom is -0.428 e.